The first-order chi connectivity index (χ1) is 15.3. The van der Waals surface area contributed by atoms with Crippen LogP contribution in [0.4, 0.5) is 14.5 Å². The molecule has 2 saturated heterocycles. The van der Waals surface area contributed by atoms with Gasteiger partial charge in [0.1, 0.15) is 11.6 Å². The summed E-state index contributed by atoms with van der Waals surface area (Å²) in [6.07, 6.45) is 1.40. The van der Waals surface area contributed by atoms with E-state index in [1.165, 1.54) is 12.1 Å². The van der Waals surface area contributed by atoms with Crippen molar-refractivity contribution in [2.24, 2.45) is 5.92 Å². The van der Waals surface area contributed by atoms with Gasteiger partial charge in [0.2, 0.25) is 5.91 Å². The highest BCUT2D eigenvalue weighted by molar-refractivity contribution is 6.40. The highest BCUT2D eigenvalue weighted by Crippen LogP contribution is 2.38. The molecule has 4 rings (SSSR count). The monoisotopic (exact) mass is 481 g/mol. The summed E-state index contributed by atoms with van der Waals surface area (Å²) >= 11 is 13.2. The molecule has 2 aliphatic heterocycles. The number of anilines is 1. The summed E-state index contributed by atoms with van der Waals surface area (Å²) in [5.74, 6) is -1.17. The third-order valence-electron chi connectivity index (χ3n) is 6.38. The van der Waals surface area contributed by atoms with Crippen molar-refractivity contribution in [3.05, 3.63) is 63.1 Å². The summed E-state index contributed by atoms with van der Waals surface area (Å²) in [4.78, 5) is 19.0. The van der Waals surface area contributed by atoms with Gasteiger partial charge < -0.3 is 9.80 Å². The van der Waals surface area contributed by atoms with Crippen LogP contribution in [0.15, 0.2) is 30.3 Å². The molecule has 0 spiro atoms. The van der Waals surface area contributed by atoms with E-state index in [-0.39, 0.29) is 11.8 Å². The second-order valence-electron chi connectivity index (χ2n) is 8.84. The van der Waals surface area contributed by atoms with Gasteiger partial charge >= 0.3 is 0 Å². The lowest BCUT2D eigenvalue weighted by molar-refractivity contribution is -0.120. The average molecular weight is 482 g/mol. The van der Waals surface area contributed by atoms with Crippen LogP contribution in [0, 0.1) is 17.6 Å². The van der Waals surface area contributed by atoms with Crippen LogP contribution in [0.3, 0.4) is 0 Å². The van der Waals surface area contributed by atoms with Crippen LogP contribution in [0.25, 0.3) is 0 Å². The minimum Gasteiger partial charge on any atom is -0.309 e. The molecule has 2 heterocycles. The zero-order valence-corrected chi connectivity index (χ0v) is 19.6. The standard InChI is InChI=1S/C24H27Cl2F2N3O/c1-29-6-8-30(9-7-29)14-17-11-20(25)24(21(26)12-17)31-15-16(2-5-23(31)32)10-18-3-4-19(27)13-22(18)28/h3-4,11-13,16H,2,5-10,14-15H2,1H3. The Kier molecular flexibility index (Phi) is 7.35. The van der Waals surface area contributed by atoms with E-state index in [4.69, 9.17) is 23.2 Å². The Balaban J connectivity index is 1.49. The minimum atomic E-state index is -0.595. The summed E-state index contributed by atoms with van der Waals surface area (Å²) in [6.45, 7) is 5.18. The van der Waals surface area contributed by atoms with Gasteiger partial charge in [-0.1, -0.05) is 29.3 Å². The van der Waals surface area contributed by atoms with Crippen LogP contribution < -0.4 is 4.90 Å². The first-order valence-electron chi connectivity index (χ1n) is 10.9. The summed E-state index contributed by atoms with van der Waals surface area (Å²) < 4.78 is 27.3. The van der Waals surface area contributed by atoms with E-state index in [9.17, 15) is 13.6 Å². The topological polar surface area (TPSA) is 26.8 Å². The van der Waals surface area contributed by atoms with Gasteiger partial charge in [0.25, 0.3) is 0 Å². The van der Waals surface area contributed by atoms with Gasteiger partial charge in [0.15, 0.2) is 0 Å². The quantitative estimate of drug-likeness (QED) is 0.600. The molecule has 2 aromatic rings. The molecule has 0 radical (unpaired) electrons. The highest BCUT2D eigenvalue weighted by atomic mass is 35.5. The van der Waals surface area contributed by atoms with Gasteiger partial charge in [0, 0.05) is 51.8 Å². The van der Waals surface area contributed by atoms with E-state index in [0.29, 0.717) is 47.1 Å². The van der Waals surface area contributed by atoms with Crippen molar-refractivity contribution in [2.45, 2.75) is 25.8 Å². The van der Waals surface area contributed by atoms with E-state index in [1.54, 1.807) is 4.90 Å². The van der Waals surface area contributed by atoms with Crippen LogP contribution in [-0.4, -0.2) is 55.5 Å². The van der Waals surface area contributed by atoms with Crippen LogP contribution in [0.5, 0.6) is 0 Å². The molecule has 8 heteroatoms. The molecule has 32 heavy (non-hydrogen) atoms. The molecule has 0 N–H and O–H groups in total. The SMILES string of the molecule is CN1CCN(Cc2cc(Cl)c(N3CC(Cc4ccc(F)cc4F)CCC3=O)c(Cl)c2)CC1. The van der Waals surface area contributed by atoms with Gasteiger partial charge in [0.05, 0.1) is 15.7 Å². The van der Waals surface area contributed by atoms with E-state index in [1.807, 2.05) is 12.1 Å². The van der Waals surface area contributed by atoms with Crippen molar-refractivity contribution < 1.29 is 13.6 Å². The number of nitrogens with zero attached hydrogens (tertiary/aromatic N) is 3. The number of rotatable bonds is 5. The zero-order valence-electron chi connectivity index (χ0n) is 18.1. The fourth-order valence-electron chi connectivity index (χ4n) is 4.53. The molecule has 2 fully saturated rings. The second kappa shape index (κ2) is 10.0. The highest BCUT2D eigenvalue weighted by Gasteiger charge is 2.30. The van der Waals surface area contributed by atoms with Gasteiger partial charge in [-0.25, -0.2) is 8.78 Å². The molecule has 1 unspecified atom stereocenters. The maximum absolute atomic E-state index is 14.1. The predicted octanol–water partition coefficient (Wildman–Crippen LogP) is 5.00. The number of likely N-dealkylation sites (N-methyl/N-ethyl adjacent to an activating group) is 1. The molecule has 2 aromatic carbocycles. The fourth-order valence-corrected chi connectivity index (χ4v) is 5.26. The Morgan fingerprint density at radius 3 is 2.38 bits per heavy atom. The molecule has 1 atom stereocenters. The Labute approximate surface area is 197 Å². The Morgan fingerprint density at radius 2 is 1.72 bits per heavy atom. The van der Waals surface area contributed by atoms with Crippen LogP contribution in [0.2, 0.25) is 10.0 Å². The van der Waals surface area contributed by atoms with Crippen molar-refractivity contribution in [2.75, 3.05) is 44.7 Å². The maximum atomic E-state index is 14.1. The van der Waals surface area contributed by atoms with Crippen molar-refractivity contribution in [1.82, 2.24) is 9.80 Å². The number of piperidine rings is 1. The fraction of sp³-hybridized carbons (Fsp3) is 0.458. The molecule has 0 bridgehead atoms. The lowest BCUT2D eigenvalue weighted by atomic mass is 9.90. The molecular formula is C24H27Cl2F2N3O. The van der Waals surface area contributed by atoms with Gasteiger partial charge in [-0.05, 0) is 55.1 Å². The summed E-state index contributed by atoms with van der Waals surface area (Å²) in [5.41, 5.74) is 1.98. The molecular weight excluding hydrogens is 455 g/mol. The molecule has 4 nitrogen and oxygen atoms in total. The van der Waals surface area contributed by atoms with Crippen LogP contribution >= 0.6 is 23.2 Å². The largest absolute Gasteiger partial charge is 0.309 e. The van der Waals surface area contributed by atoms with E-state index >= 15 is 0 Å². The van der Waals surface area contributed by atoms with Crippen molar-refractivity contribution >= 4 is 34.8 Å². The number of amides is 1. The van der Waals surface area contributed by atoms with Crippen molar-refractivity contribution in [1.29, 1.82) is 0 Å². The first kappa shape index (κ1) is 23.4. The molecule has 2 aliphatic rings. The minimum absolute atomic E-state index is 0.0322. The lowest BCUT2D eigenvalue weighted by Crippen LogP contribution is -2.44. The van der Waals surface area contributed by atoms with Crippen molar-refractivity contribution in [3.8, 4) is 0 Å². The van der Waals surface area contributed by atoms with E-state index < -0.39 is 11.6 Å². The molecule has 172 valence electrons. The molecule has 0 saturated carbocycles. The number of halogens is 4. The summed E-state index contributed by atoms with van der Waals surface area (Å²) in [7, 11) is 2.12. The Morgan fingerprint density at radius 1 is 1.03 bits per heavy atom. The Bertz CT molecular complexity index is 972. The molecule has 0 aromatic heterocycles. The second-order valence-corrected chi connectivity index (χ2v) is 9.65. The van der Waals surface area contributed by atoms with Gasteiger partial charge in [-0.2, -0.15) is 0 Å². The summed E-state index contributed by atoms with van der Waals surface area (Å²) in [5, 5.41) is 0.896. The molecule has 1 amide bonds. The lowest BCUT2D eigenvalue weighted by Gasteiger charge is -2.34. The van der Waals surface area contributed by atoms with Crippen molar-refractivity contribution in [3.63, 3.8) is 0 Å². The number of carbonyl (C=O) groups excluding carboxylic acids is 1. The third kappa shape index (κ3) is 5.42. The number of piperazine rings is 1. The van der Waals surface area contributed by atoms with E-state index in [0.717, 1.165) is 44.4 Å². The van der Waals surface area contributed by atoms with Gasteiger partial charge in [-0.15, -0.1) is 0 Å². The third-order valence-corrected chi connectivity index (χ3v) is 6.96. The molecule has 0 aliphatic carbocycles. The van der Waals surface area contributed by atoms with Crippen LogP contribution in [-0.2, 0) is 17.8 Å². The number of hydrogen-bond donors (Lipinski definition) is 0. The zero-order chi connectivity index (χ0) is 22.8. The van der Waals surface area contributed by atoms with Crippen LogP contribution in [0.1, 0.15) is 24.0 Å². The normalized spacial score (nSPS) is 20.7. The maximum Gasteiger partial charge on any atom is 0.227 e. The summed E-state index contributed by atoms with van der Waals surface area (Å²) in [6, 6.07) is 7.40. The van der Waals surface area contributed by atoms with E-state index in [2.05, 4.69) is 16.8 Å². The first-order valence-corrected chi connectivity index (χ1v) is 11.7. The average Bonchev–Trinajstić information content (AvgIpc) is 2.73. The Hall–Kier alpha value is -1.73. The number of benzene rings is 2. The smallest absolute Gasteiger partial charge is 0.227 e. The number of hydrogen-bond acceptors (Lipinski definition) is 3. The van der Waals surface area contributed by atoms with Gasteiger partial charge in [-0.3, -0.25) is 9.69 Å². The number of carbonyl (C=O) groups is 1. The predicted molar refractivity (Wildman–Crippen MR) is 124 cm³/mol.